The molecule has 0 saturated heterocycles. The Morgan fingerprint density at radius 3 is 2.68 bits per heavy atom. The number of benzene rings is 1. The number of aromatic nitrogens is 5. The molecule has 0 fully saturated rings. The molecule has 0 aliphatic heterocycles. The normalized spacial score (nSPS) is 11.5. The smallest absolute Gasteiger partial charge is 0.132 e. The van der Waals surface area contributed by atoms with Crippen molar-refractivity contribution in [1.29, 1.82) is 0 Å². The van der Waals surface area contributed by atoms with E-state index in [9.17, 15) is 0 Å². The van der Waals surface area contributed by atoms with Crippen molar-refractivity contribution in [2.45, 2.75) is 19.9 Å². The minimum Gasteiger partial charge on any atom is -0.383 e. The van der Waals surface area contributed by atoms with Crippen LogP contribution in [0.15, 0.2) is 48.9 Å². The molecule has 4 aromatic rings. The Labute approximate surface area is 145 Å². The Kier molecular flexibility index (Phi) is 3.53. The summed E-state index contributed by atoms with van der Waals surface area (Å²) in [7, 11) is 2.04. The highest BCUT2D eigenvalue weighted by Gasteiger charge is 2.12. The van der Waals surface area contributed by atoms with Gasteiger partial charge in [-0.05, 0) is 43.7 Å². The SMILES string of the molecule is CC(C)n1cc(-c2cc(-c3ccc4c(ccn4C)c3)cnc2N)nn1. The Bertz CT molecular complexity index is 1060. The fourth-order valence-electron chi connectivity index (χ4n) is 2.95. The van der Waals surface area contributed by atoms with Crippen molar-refractivity contribution in [1.82, 2.24) is 24.5 Å². The van der Waals surface area contributed by atoms with Gasteiger partial charge in [-0.25, -0.2) is 9.67 Å². The number of nitrogens with zero attached hydrogens (tertiary/aromatic N) is 5. The van der Waals surface area contributed by atoms with Crippen molar-refractivity contribution >= 4 is 16.7 Å². The monoisotopic (exact) mass is 332 g/mol. The van der Waals surface area contributed by atoms with Gasteiger partial charge in [-0.15, -0.1) is 5.10 Å². The fraction of sp³-hybridized carbons (Fsp3) is 0.211. The van der Waals surface area contributed by atoms with E-state index >= 15 is 0 Å². The van der Waals surface area contributed by atoms with Crippen molar-refractivity contribution in [3.05, 3.63) is 48.9 Å². The van der Waals surface area contributed by atoms with Crippen LogP contribution in [0, 0.1) is 0 Å². The zero-order chi connectivity index (χ0) is 17.6. The highest BCUT2D eigenvalue weighted by Crippen LogP contribution is 2.30. The van der Waals surface area contributed by atoms with Crippen LogP contribution in [0.2, 0.25) is 0 Å². The molecular weight excluding hydrogens is 312 g/mol. The largest absolute Gasteiger partial charge is 0.383 e. The lowest BCUT2D eigenvalue weighted by Gasteiger charge is -2.07. The third kappa shape index (κ3) is 2.65. The first-order valence-electron chi connectivity index (χ1n) is 8.26. The average molecular weight is 332 g/mol. The molecule has 2 N–H and O–H groups in total. The van der Waals surface area contributed by atoms with Crippen LogP contribution in [-0.4, -0.2) is 24.5 Å². The van der Waals surface area contributed by atoms with Crippen LogP contribution in [0.5, 0.6) is 0 Å². The van der Waals surface area contributed by atoms with Gasteiger partial charge in [-0.2, -0.15) is 0 Å². The van der Waals surface area contributed by atoms with Crippen LogP contribution >= 0.6 is 0 Å². The van der Waals surface area contributed by atoms with Crippen LogP contribution in [0.3, 0.4) is 0 Å². The first kappa shape index (κ1) is 15.4. The zero-order valence-electron chi connectivity index (χ0n) is 14.5. The first-order valence-corrected chi connectivity index (χ1v) is 8.26. The van der Waals surface area contributed by atoms with Crippen LogP contribution < -0.4 is 5.73 Å². The van der Waals surface area contributed by atoms with Crippen molar-refractivity contribution in [3.63, 3.8) is 0 Å². The number of hydrogen-bond acceptors (Lipinski definition) is 4. The van der Waals surface area contributed by atoms with E-state index in [1.54, 1.807) is 6.20 Å². The maximum Gasteiger partial charge on any atom is 0.132 e. The summed E-state index contributed by atoms with van der Waals surface area (Å²) in [5.41, 5.74) is 10.9. The summed E-state index contributed by atoms with van der Waals surface area (Å²) < 4.78 is 3.92. The number of hydrogen-bond donors (Lipinski definition) is 1. The highest BCUT2D eigenvalue weighted by atomic mass is 15.4. The summed E-state index contributed by atoms with van der Waals surface area (Å²) in [6.45, 7) is 4.12. The van der Waals surface area contributed by atoms with Gasteiger partial charge < -0.3 is 10.3 Å². The second-order valence-corrected chi connectivity index (χ2v) is 6.53. The molecule has 6 heteroatoms. The molecule has 126 valence electrons. The summed E-state index contributed by atoms with van der Waals surface area (Å²) in [6, 6.07) is 10.8. The van der Waals surface area contributed by atoms with Gasteiger partial charge in [-0.3, -0.25) is 0 Å². The highest BCUT2D eigenvalue weighted by molar-refractivity contribution is 5.86. The topological polar surface area (TPSA) is 74.5 Å². The molecule has 3 heterocycles. The predicted octanol–water partition coefficient (Wildman–Crippen LogP) is 3.66. The summed E-state index contributed by atoms with van der Waals surface area (Å²) in [4.78, 5) is 4.37. The Morgan fingerprint density at radius 1 is 1.08 bits per heavy atom. The van der Waals surface area contributed by atoms with Gasteiger partial charge in [0.15, 0.2) is 0 Å². The maximum absolute atomic E-state index is 6.09. The molecule has 3 aromatic heterocycles. The van der Waals surface area contributed by atoms with Crippen LogP contribution in [-0.2, 0) is 7.05 Å². The lowest BCUT2D eigenvalue weighted by atomic mass is 10.0. The third-order valence-corrected chi connectivity index (χ3v) is 4.45. The lowest BCUT2D eigenvalue weighted by Crippen LogP contribution is -2.00. The summed E-state index contributed by atoms with van der Waals surface area (Å²) >= 11 is 0. The molecule has 0 bridgehead atoms. The van der Waals surface area contributed by atoms with Crippen molar-refractivity contribution in [3.8, 4) is 22.4 Å². The standard InChI is InChI=1S/C19H20N6/c1-12(2)25-11-17(22-23-25)16-9-15(10-21-19(16)20)13-4-5-18-14(8-13)6-7-24(18)3/h4-12H,1-3H3,(H2,20,21). The second kappa shape index (κ2) is 5.73. The van der Waals surface area contributed by atoms with E-state index in [1.807, 2.05) is 24.0 Å². The number of anilines is 1. The maximum atomic E-state index is 6.09. The summed E-state index contributed by atoms with van der Waals surface area (Å²) in [6.07, 6.45) is 5.77. The van der Waals surface area contributed by atoms with Gasteiger partial charge in [0, 0.05) is 47.5 Å². The molecule has 0 aliphatic carbocycles. The number of pyridine rings is 1. The van der Waals surface area contributed by atoms with Crippen LogP contribution in [0.25, 0.3) is 33.3 Å². The lowest BCUT2D eigenvalue weighted by molar-refractivity contribution is 0.514. The van der Waals surface area contributed by atoms with Gasteiger partial charge in [0.25, 0.3) is 0 Å². The van der Waals surface area contributed by atoms with Gasteiger partial charge >= 0.3 is 0 Å². The number of nitrogens with two attached hydrogens (primary N) is 1. The van der Waals surface area contributed by atoms with E-state index < -0.39 is 0 Å². The molecule has 1 aromatic carbocycles. The van der Waals surface area contributed by atoms with E-state index in [0.717, 1.165) is 22.4 Å². The molecule has 0 aliphatic rings. The molecule has 0 amide bonds. The third-order valence-electron chi connectivity index (χ3n) is 4.45. The minimum absolute atomic E-state index is 0.249. The number of fused-ring (bicyclic) bond motifs is 1. The summed E-state index contributed by atoms with van der Waals surface area (Å²) in [5, 5.41) is 9.60. The van der Waals surface area contributed by atoms with Gasteiger partial charge in [0.05, 0.1) is 6.20 Å². The Morgan fingerprint density at radius 2 is 1.92 bits per heavy atom. The Balaban J connectivity index is 1.79. The Hall–Kier alpha value is -3.15. The van der Waals surface area contributed by atoms with Gasteiger partial charge in [-0.1, -0.05) is 11.3 Å². The van der Waals surface area contributed by atoms with Crippen molar-refractivity contribution in [2.24, 2.45) is 7.05 Å². The minimum atomic E-state index is 0.249. The molecule has 0 spiro atoms. The van der Waals surface area contributed by atoms with E-state index in [2.05, 4.69) is 64.2 Å². The van der Waals surface area contributed by atoms with Crippen molar-refractivity contribution < 1.29 is 0 Å². The molecule has 0 atom stereocenters. The molecule has 0 unspecified atom stereocenters. The quantitative estimate of drug-likeness (QED) is 0.621. The molecule has 6 nitrogen and oxygen atoms in total. The number of nitrogen functional groups attached to an aromatic ring is 1. The first-order chi connectivity index (χ1) is 12.0. The van der Waals surface area contributed by atoms with Crippen molar-refractivity contribution in [2.75, 3.05) is 5.73 Å². The van der Waals surface area contributed by atoms with E-state index in [4.69, 9.17) is 5.73 Å². The molecular formula is C19H20N6. The number of rotatable bonds is 3. The second-order valence-electron chi connectivity index (χ2n) is 6.53. The van der Waals surface area contributed by atoms with E-state index in [-0.39, 0.29) is 6.04 Å². The fourth-order valence-corrected chi connectivity index (χ4v) is 2.95. The molecule has 0 saturated carbocycles. The van der Waals surface area contributed by atoms with Crippen LogP contribution in [0.1, 0.15) is 19.9 Å². The van der Waals surface area contributed by atoms with E-state index in [0.29, 0.717) is 5.82 Å². The van der Waals surface area contributed by atoms with Gasteiger partial charge in [0.2, 0.25) is 0 Å². The summed E-state index contributed by atoms with van der Waals surface area (Å²) in [5.74, 6) is 0.459. The zero-order valence-corrected chi connectivity index (χ0v) is 14.5. The average Bonchev–Trinajstić information content (AvgIpc) is 3.23. The van der Waals surface area contributed by atoms with E-state index in [1.165, 1.54) is 10.9 Å². The predicted molar refractivity (Wildman–Crippen MR) is 100.0 cm³/mol. The molecule has 25 heavy (non-hydrogen) atoms. The van der Waals surface area contributed by atoms with Crippen LogP contribution in [0.4, 0.5) is 5.82 Å². The molecule has 4 rings (SSSR count). The number of aryl methyl sites for hydroxylation is 1. The van der Waals surface area contributed by atoms with Gasteiger partial charge in [0.1, 0.15) is 11.5 Å². The molecule has 0 radical (unpaired) electrons.